The average molecular weight is 327 g/mol. The van der Waals surface area contributed by atoms with Crippen LogP contribution in [0.25, 0.3) is 0 Å². The summed E-state index contributed by atoms with van der Waals surface area (Å²) in [4.78, 5) is 28.1. The summed E-state index contributed by atoms with van der Waals surface area (Å²) in [7, 11) is 3.89. The molecule has 128 valence electrons. The molecule has 1 aromatic rings. The highest BCUT2D eigenvalue weighted by Gasteiger charge is 2.15. The summed E-state index contributed by atoms with van der Waals surface area (Å²) in [6.07, 6.45) is 9.50. The quantitative estimate of drug-likeness (QED) is 0.668. The van der Waals surface area contributed by atoms with E-state index >= 15 is 0 Å². The van der Waals surface area contributed by atoms with Gasteiger partial charge in [-0.3, -0.25) is 9.59 Å². The molecule has 0 saturated heterocycles. The summed E-state index contributed by atoms with van der Waals surface area (Å²) in [6.45, 7) is 2.15. The molecule has 0 spiro atoms. The number of benzene rings is 1. The van der Waals surface area contributed by atoms with Gasteiger partial charge in [-0.15, -0.1) is 0 Å². The number of likely N-dealkylation sites (N-methyl/N-ethyl adjacent to an activating group) is 1. The third-order valence-corrected chi connectivity index (χ3v) is 3.72. The normalized spacial score (nSPS) is 14.9. The number of anilines is 1. The fourth-order valence-corrected chi connectivity index (χ4v) is 2.43. The zero-order chi connectivity index (χ0) is 17.4. The Labute approximate surface area is 143 Å². The van der Waals surface area contributed by atoms with Crippen LogP contribution < -0.4 is 5.32 Å². The van der Waals surface area contributed by atoms with Crippen LogP contribution in [0.15, 0.2) is 48.6 Å². The highest BCUT2D eigenvalue weighted by Crippen LogP contribution is 2.13. The lowest BCUT2D eigenvalue weighted by atomic mass is 10.1. The van der Waals surface area contributed by atoms with Crippen molar-refractivity contribution in [1.82, 2.24) is 9.80 Å². The number of nitrogens with zero attached hydrogens (tertiary/aromatic N) is 2. The largest absolute Gasteiger partial charge is 0.335 e. The molecular formula is C19H25N3O2. The Bertz CT molecular complexity index is 618. The minimum absolute atomic E-state index is 0.0327. The van der Waals surface area contributed by atoms with Gasteiger partial charge >= 0.3 is 0 Å². The number of carbonyl (C=O) groups is 2. The molecule has 1 aliphatic heterocycles. The summed E-state index contributed by atoms with van der Waals surface area (Å²) in [6, 6.07) is 7.04. The number of allylic oxidation sites excluding steroid dienone is 1. The zero-order valence-electron chi connectivity index (χ0n) is 14.4. The number of carbonyl (C=O) groups excluding carboxylic acids is 2. The predicted molar refractivity (Wildman–Crippen MR) is 97.0 cm³/mol. The van der Waals surface area contributed by atoms with E-state index in [1.54, 1.807) is 30.3 Å². The van der Waals surface area contributed by atoms with Crippen molar-refractivity contribution in [2.24, 2.45) is 0 Å². The fourth-order valence-electron chi connectivity index (χ4n) is 2.43. The van der Waals surface area contributed by atoms with Gasteiger partial charge in [-0.05, 0) is 51.2 Å². The second-order valence-electron chi connectivity index (χ2n) is 6.10. The number of hydrogen-bond donors (Lipinski definition) is 1. The lowest BCUT2D eigenvalue weighted by Crippen LogP contribution is -2.31. The molecule has 0 aromatic heterocycles. The molecule has 5 heteroatoms. The van der Waals surface area contributed by atoms with Crippen LogP contribution in [0.1, 0.15) is 23.2 Å². The third-order valence-electron chi connectivity index (χ3n) is 3.72. The lowest BCUT2D eigenvalue weighted by Gasteiger charge is -2.19. The van der Waals surface area contributed by atoms with Crippen molar-refractivity contribution in [2.75, 3.05) is 39.0 Å². The molecule has 0 unspecified atom stereocenters. The Morgan fingerprint density at radius 1 is 1.21 bits per heavy atom. The zero-order valence-corrected chi connectivity index (χ0v) is 14.4. The van der Waals surface area contributed by atoms with Crippen molar-refractivity contribution in [3.8, 4) is 0 Å². The van der Waals surface area contributed by atoms with Crippen LogP contribution in [0, 0.1) is 0 Å². The second-order valence-corrected chi connectivity index (χ2v) is 6.10. The number of hydrogen-bond acceptors (Lipinski definition) is 3. The van der Waals surface area contributed by atoms with Crippen LogP contribution >= 0.6 is 0 Å². The van der Waals surface area contributed by atoms with Gasteiger partial charge in [-0.2, -0.15) is 0 Å². The van der Waals surface area contributed by atoms with Crippen molar-refractivity contribution >= 4 is 17.5 Å². The molecule has 2 rings (SSSR count). The second kappa shape index (κ2) is 9.03. The highest BCUT2D eigenvalue weighted by molar-refractivity contribution is 6.00. The summed E-state index contributed by atoms with van der Waals surface area (Å²) >= 11 is 0. The first-order valence-electron chi connectivity index (χ1n) is 8.23. The Balaban J connectivity index is 1.92. The van der Waals surface area contributed by atoms with E-state index in [1.807, 2.05) is 30.0 Å². The fraction of sp³-hybridized carbons (Fsp3) is 0.368. The van der Waals surface area contributed by atoms with Gasteiger partial charge in [0, 0.05) is 37.0 Å². The van der Waals surface area contributed by atoms with E-state index < -0.39 is 0 Å². The molecule has 0 atom stereocenters. The molecule has 24 heavy (non-hydrogen) atoms. The maximum atomic E-state index is 12.5. The van der Waals surface area contributed by atoms with Crippen molar-refractivity contribution < 1.29 is 9.59 Å². The molecule has 0 aliphatic carbocycles. The molecule has 0 radical (unpaired) electrons. The van der Waals surface area contributed by atoms with Gasteiger partial charge in [0.25, 0.3) is 5.91 Å². The van der Waals surface area contributed by atoms with Gasteiger partial charge in [0.1, 0.15) is 0 Å². The van der Waals surface area contributed by atoms with E-state index in [0.29, 0.717) is 24.3 Å². The summed E-state index contributed by atoms with van der Waals surface area (Å²) in [5.74, 6) is -0.140. The average Bonchev–Trinajstić information content (AvgIpc) is 2.84. The van der Waals surface area contributed by atoms with Gasteiger partial charge in [-0.1, -0.05) is 18.2 Å². The van der Waals surface area contributed by atoms with E-state index in [-0.39, 0.29) is 11.8 Å². The maximum Gasteiger partial charge on any atom is 0.254 e. The topological polar surface area (TPSA) is 52.7 Å². The van der Waals surface area contributed by atoms with Gasteiger partial charge < -0.3 is 15.1 Å². The van der Waals surface area contributed by atoms with E-state index in [4.69, 9.17) is 0 Å². The molecule has 1 heterocycles. The van der Waals surface area contributed by atoms with E-state index in [2.05, 4.69) is 11.4 Å². The Morgan fingerprint density at radius 2 is 1.96 bits per heavy atom. The first-order chi connectivity index (χ1) is 11.6. The van der Waals surface area contributed by atoms with Gasteiger partial charge in [0.05, 0.1) is 0 Å². The minimum atomic E-state index is -0.173. The van der Waals surface area contributed by atoms with Crippen molar-refractivity contribution in [1.29, 1.82) is 0 Å². The summed E-state index contributed by atoms with van der Waals surface area (Å²) < 4.78 is 0. The van der Waals surface area contributed by atoms with Crippen LogP contribution in [0.5, 0.6) is 0 Å². The smallest absolute Gasteiger partial charge is 0.254 e. The van der Waals surface area contributed by atoms with Gasteiger partial charge in [0.15, 0.2) is 0 Å². The van der Waals surface area contributed by atoms with Crippen molar-refractivity contribution in [3.63, 3.8) is 0 Å². The van der Waals surface area contributed by atoms with E-state index in [9.17, 15) is 9.59 Å². The molecule has 1 aromatic carbocycles. The van der Waals surface area contributed by atoms with Crippen LogP contribution in [0.3, 0.4) is 0 Å². The van der Waals surface area contributed by atoms with E-state index in [0.717, 1.165) is 19.4 Å². The van der Waals surface area contributed by atoms with Gasteiger partial charge in [-0.25, -0.2) is 0 Å². The third kappa shape index (κ3) is 5.66. The van der Waals surface area contributed by atoms with Crippen molar-refractivity contribution in [3.05, 3.63) is 54.1 Å². The van der Waals surface area contributed by atoms with Crippen molar-refractivity contribution in [2.45, 2.75) is 12.8 Å². The Morgan fingerprint density at radius 3 is 2.67 bits per heavy atom. The molecule has 1 N–H and O–H groups in total. The molecule has 0 bridgehead atoms. The van der Waals surface area contributed by atoms with Crippen LogP contribution in [0.4, 0.5) is 5.69 Å². The first kappa shape index (κ1) is 17.9. The molecule has 0 saturated carbocycles. The number of nitrogens with one attached hydrogen (secondary N) is 1. The summed E-state index contributed by atoms with van der Waals surface area (Å²) in [5, 5.41) is 2.79. The van der Waals surface area contributed by atoms with E-state index in [1.165, 1.54) is 6.08 Å². The standard InChI is InChI=1S/C19H25N3O2/c1-21(2)13-7-8-18(23)20-17-11-9-16(10-12-17)19(24)22-14-5-3-4-6-15-22/h3,5,7-12H,4,6,13-15H2,1-2H3,(H,20,23)/b8-7+. The molecular weight excluding hydrogens is 302 g/mol. The van der Waals surface area contributed by atoms with Crippen LogP contribution in [-0.4, -0.2) is 55.3 Å². The SMILES string of the molecule is CN(C)C/C=C/C(=O)Nc1ccc(C(=O)N2CC=CCCC2)cc1. The monoisotopic (exact) mass is 327 g/mol. The lowest BCUT2D eigenvalue weighted by molar-refractivity contribution is -0.111. The summed E-state index contributed by atoms with van der Waals surface area (Å²) in [5.41, 5.74) is 1.33. The molecule has 5 nitrogen and oxygen atoms in total. The molecule has 1 aliphatic rings. The Hall–Kier alpha value is -2.40. The first-order valence-corrected chi connectivity index (χ1v) is 8.23. The van der Waals surface area contributed by atoms with Gasteiger partial charge in [0.2, 0.25) is 5.91 Å². The van der Waals surface area contributed by atoms with Crippen LogP contribution in [-0.2, 0) is 4.79 Å². The molecule has 0 fully saturated rings. The number of rotatable bonds is 5. The maximum absolute atomic E-state index is 12.5. The molecule has 2 amide bonds. The highest BCUT2D eigenvalue weighted by atomic mass is 16.2. The minimum Gasteiger partial charge on any atom is -0.335 e. The Kier molecular flexibility index (Phi) is 6.75. The van der Waals surface area contributed by atoms with Crippen LogP contribution in [0.2, 0.25) is 0 Å². The predicted octanol–water partition coefficient (Wildman–Crippen LogP) is 2.54. The number of amides is 2.